The molecular formula is C12H24N2O. The van der Waals surface area contributed by atoms with Crippen molar-refractivity contribution in [2.75, 3.05) is 19.6 Å². The van der Waals surface area contributed by atoms with Gasteiger partial charge >= 0.3 is 0 Å². The number of hydrogen-bond acceptors (Lipinski definition) is 2. The second kappa shape index (κ2) is 6.83. The number of carbonyl (C=O) groups is 1. The molecule has 3 nitrogen and oxygen atoms in total. The number of carbonyl (C=O) groups excluding carboxylic acids is 1. The van der Waals surface area contributed by atoms with E-state index in [2.05, 4.69) is 24.5 Å². The average Bonchev–Trinajstić information content (AvgIpc) is 2.27. The summed E-state index contributed by atoms with van der Waals surface area (Å²) in [5.74, 6) is 1.49. The van der Waals surface area contributed by atoms with E-state index in [0.717, 1.165) is 32.0 Å². The van der Waals surface area contributed by atoms with Crippen LogP contribution in [0.3, 0.4) is 0 Å². The lowest BCUT2D eigenvalue weighted by atomic mass is 9.84. The molecule has 2 N–H and O–H groups in total. The van der Waals surface area contributed by atoms with Crippen molar-refractivity contribution in [3.63, 3.8) is 0 Å². The van der Waals surface area contributed by atoms with E-state index in [9.17, 15) is 4.79 Å². The van der Waals surface area contributed by atoms with Crippen LogP contribution in [0.25, 0.3) is 0 Å². The molecule has 0 aromatic carbocycles. The Morgan fingerprint density at radius 3 is 2.73 bits per heavy atom. The summed E-state index contributed by atoms with van der Waals surface area (Å²) in [4.78, 5) is 11.5. The van der Waals surface area contributed by atoms with E-state index in [0.29, 0.717) is 12.3 Å². The Morgan fingerprint density at radius 1 is 1.47 bits per heavy atom. The predicted molar refractivity (Wildman–Crippen MR) is 62.7 cm³/mol. The molecule has 3 heteroatoms. The molecule has 1 unspecified atom stereocenters. The third-order valence-electron chi connectivity index (χ3n) is 3.27. The fourth-order valence-electron chi connectivity index (χ4n) is 2.21. The molecule has 0 aliphatic carbocycles. The van der Waals surface area contributed by atoms with Crippen molar-refractivity contribution in [3.8, 4) is 0 Å². The van der Waals surface area contributed by atoms with Crippen molar-refractivity contribution in [2.24, 2.45) is 11.8 Å². The third kappa shape index (κ3) is 4.65. The Morgan fingerprint density at radius 2 is 2.13 bits per heavy atom. The average molecular weight is 212 g/mol. The Labute approximate surface area is 93.0 Å². The summed E-state index contributed by atoms with van der Waals surface area (Å²) < 4.78 is 0. The van der Waals surface area contributed by atoms with Crippen LogP contribution in [-0.2, 0) is 4.79 Å². The van der Waals surface area contributed by atoms with Gasteiger partial charge in [0.25, 0.3) is 0 Å². The molecule has 88 valence electrons. The van der Waals surface area contributed by atoms with Gasteiger partial charge in [0.15, 0.2) is 0 Å². The van der Waals surface area contributed by atoms with Crippen molar-refractivity contribution in [1.82, 2.24) is 10.6 Å². The van der Waals surface area contributed by atoms with Crippen LogP contribution in [0.15, 0.2) is 0 Å². The highest BCUT2D eigenvalue weighted by molar-refractivity contribution is 5.76. The van der Waals surface area contributed by atoms with Gasteiger partial charge in [0.2, 0.25) is 5.91 Å². The van der Waals surface area contributed by atoms with Gasteiger partial charge in [0, 0.05) is 13.0 Å². The number of amides is 1. The van der Waals surface area contributed by atoms with Crippen molar-refractivity contribution in [1.29, 1.82) is 0 Å². The minimum atomic E-state index is 0.225. The lowest BCUT2D eigenvalue weighted by molar-refractivity contribution is -0.122. The zero-order chi connectivity index (χ0) is 11.1. The zero-order valence-electron chi connectivity index (χ0n) is 10.0. The van der Waals surface area contributed by atoms with E-state index >= 15 is 0 Å². The van der Waals surface area contributed by atoms with Crippen LogP contribution in [0.5, 0.6) is 0 Å². The number of piperidine rings is 1. The maximum atomic E-state index is 11.5. The maximum absolute atomic E-state index is 11.5. The van der Waals surface area contributed by atoms with Gasteiger partial charge in [0.05, 0.1) is 0 Å². The first-order valence-electron chi connectivity index (χ1n) is 6.21. The molecule has 0 radical (unpaired) electrons. The van der Waals surface area contributed by atoms with Gasteiger partial charge in [-0.05, 0) is 44.2 Å². The highest BCUT2D eigenvalue weighted by Crippen LogP contribution is 2.23. The molecule has 0 bridgehead atoms. The Bertz CT molecular complexity index is 188. The van der Waals surface area contributed by atoms with Crippen molar-refractivity contribution in [2.45, 2.75) is 39.5 Å². The van der Waals surface area contributed by atoms with Gasteiger partial charge in [-0.15, -0.1) is 0 Å². The first-order chi connectivity index (χ1) is 7.24. The number of hydrogen-bond donors (Lipinski definition) is 2. The molecule has 1 amide bonds. The second-order valence-electron chi connectivity index (χ2n) is 4.62. The highest BCUT2D eigenvalue weighted by Gasteiger charge is 2.21. The molecule has 1 saturated heterocycles. The van der Waals surface area contributed by atoms with Gasteiger partial charge in [-0.3, -0.25) is 4.79 Å². The van der Waals surface area contributed by atoms with Crippen LogP contribution >= 0.6 is 0 Å². The quantitative estimate of drug-likeness (QED) is 0.726. The smallest absolute Gasteiger partial charge is 0.220 e. The van der Waals surface area contributed by atoms with Crippen LogP contribution in [0, 0.1) is 11.8 Å². The van der Waals surface area contributed by atoms with Crippen molar-refractivity contribution < 1.29 is 4.79 Å². The van der Waals surface area contributed by atoms with Crippen LogP contribution in [-0.4, -0.2) is 25.5 Å². The minimum absolute atomic E-state index is 0.225. The van der Waals surface area contributed by atoms with Gasteiger partial charge in [-0.2, -0.15) is 0 Å². The summed E-state index contributed by atoms with van der Waals surface area (Å²) in [7, 11) is 0. The van der Waals surface area contributed by atoms with Crippen LogP contribution in [0.1, 0.15) is 39.5 Å². The first-order valence-corrected chi connectivity index (χ1v) is 6.21. The second-order valence-corrected chi connectivity index (χ2v) is 4.62. The zero-order valence-corrected chi connectivity index (χ0v) is 10.0. The highest BCUT2D eigenvalue weighted by atomic mass is 16.1. The van der Waals surface area contributed by atoms with Gasteiger partial charge in [0.1, 0.15) is 0 Å². The molecule has 1 rings (SSSR count). The largest absolute Gasteiger partial charge is 0.356 e. The number of rotatable bonds is 5. The molecule has 0 saturated carbocycles. The summed E-state index contributed by atoms with van der Waals surface area (Å²) in [6.45, 7) is 7.34. The van der Waals surface area contributed by atoms with Crippen LogP contribution < -0.4 is 10.6 Å². The fraction of sp³-hybridized carbons (Fsp3) is 0.917. The van der Waals surface area contributed by atoms with Crippen molar-refractivity contribution in [3.05, 3.63) is 0 Å². The summed E-state index contributed by atoms with van der Waals surface area (Å²) >= 11 is 0. The van der Waals surface area contributed by atoms with Gasteiger partial charge in [-0.25, -0.2) is 0 Å². The topological polar surface area (TPSA) is 41.1 Å². The van der Waals surface area contributed by atoms with E-state index in [1.54, 1.807) is 0 Å². The van der Waals surface area contributed by atoms with E-state index in [1.165, 1.54) is 12.8 Å². The molecule has 0 spiro atoms. The van der Waals surface area contributed by atoms with Crippen molar-refractivity contribution >= 4 is 5.91 Å². The summed E-state index contributed by atoms with van der Waals surface area (Å²) in [6, 6.07) is 0. The lowest BCUT2D eigenvalue weighted by Gasteiger charge is -2.27. The molecule has 0 aromatic heterocycles. The van der Waals surface area contributed by atoms with Gasteiger partial charge in [-0.1, -0.05) is 13.8 Å². The summed E-state index contributed by atoms with van der Waals surface area (Å²) in [5, 5.41) is 6.30. The van der Waals surface area contributed by atoms with E-state index < -0.39 is 0 Å². The van der Waals surface area contributed by atoms with E-state index in [-0.39, 0.29) is 5.91 Å². The monoisotopic (exact) mass is 212 g/mol. The van der Waals surface area contributed by atoms with E-state index in [4.69, 9.17) is 0 Å². The maximum Gasteiger partial charge on any atom is 0.220 e. The van der Waals surface area contributed by atoms with Crippen LogP contribution in [0.2, 0.25) is 0 Å². The molecule has 1 aliphatic rings. The Hall–Kier alpha value is -0.570. The standard InChI is InChI=1S/C12H24N2O/c1-3-6-14-12(15)9-10(2)11-4-7-13-8-5-11/h10-11,13H,3-9H2,1-2H3,(H,14,15). The molecular weight excluding hydrogens is 188 g/mol. The SMILES string of the molecule is CCCNC(=O)CC(C)C1CCNCC1. The lowest BCUT2D eigenvalue weighted by Crippen LogP contribution is -2.33. The Kier molecular flexibility index (Phi) is 5.69. The molecule has 1 aliphatic heterocycles. The fourth-order valence-corrected chi connectivity index (χ4v) is 2.21. The Balaban J connectivity index is 2.21. The summed E-state index contributed by atoms with van der Waals surface area (Å²) in [6.07, 6.45) is 4.17. The summed E-state index contributed by atoms with van der Waals surface area (Å²) in [5.41, 5.74) is 0. The normalized spacial score (nSPS) is 19.9. The molecule has 1 fully saturated rings. The minimum Gasteiger partial charge on any atom is -0.356 e. The first kappa shape index (κ1) is 12.5. The molecule has 0 aromatic rings. The molecule has 15 heavy (non-hydrogen) atoms. The van der Waals surface area contributed by atoms with E-state index in [1.807, 2.05) is 0 Å². The number of nitrogens with one attached hydrogen (secondary N) is 2. The molecule has 1 atom stereocenters. The van der Waals surface area contributed by atoms with Crippen LogP contribution in [0.4, 0.5) is 0 Å². The molecule has 1 heterocycles. The van der Waals surface area contributed by atoms with Gasteiger partial charge < -0.3 is 10.6 Å². The third-order valence-corrected chi connectivity index (χ3v) is 3.27. The predicted octanol–water partition coefficient (Wildman–Crippen LogP) is 1.54.